The topological polar surface area (TPSA) is 38.9 Å². The Hall–Kier alpha value is -1.48. The van der Waals surface area contributed by atoms with E-state index in [-0.39, 0.29) is 0 Å². The van der Waals surface area contributed by atoms with Gasteiger partial charge in [0.1, 0.15) is 0 Å². The Bertz CT molecular complexity index is 437. The minimum Gasteiger partial charge on any atom is -0.397 e. The standard InChI is InChI=1S/C13H14N2S/c1-10-4-2-3-5-11(10)9-16-13-6-7-15-8-12(13)14/h2-8H,9,14H2,1H3. The average Bonchev–Trinajstić information content (AvgIpc) is 2.30. The number of benzene rings is 1. The van der Waals surface area contributed by atoms with Crippen LogP contribution >= 0.6 is 11.8 Å². The van der Waals surface area contributed by atoms with Gasteiger partial charge in [0.05, 0.1) is 11.9 Å². The van der Waals surface area contributed by atoms with Crippen molar-refractivity contribution in [1.82, 2.24) is 4.98 Å². The van der Waals surface area contributed by atoms with Crippen LogP contribution < -0.4 is 5.73 Å². The molecular weight excluding hydrogens is 216 g/mol. The highest BCUT2D eigenvalue weighted by atomic mass is 32.2. The van der Waals surface area contributed by atoms with E-state index in [9.17, 15) is 0 Å². The SMILES string of the molecule is Cc1ccccc1CSc1ccncc1N. The van der Waals surface area contributed by atoms with Gasteiger partial charge in [0.15, 0.2) is 0 Å². The first-order valence-corrected chi connectivity index (χ1v) is 6.13. The lowest BCUT2D eigenvalue weighted by molar-refractivity contribution is 1.26. The second-order valence-corrected chi connectivity index (χ2v) is 4.65. The van der Waals surface area contributed by atoms with Crippen LogP contribution in [0, 0.1) is 6.92 Å². The molecule has 0 aliphatic heterocycles. The van der Waals surface area contributed by atoms with Crippen molar-refractivity contribution in [1.29, 1.82) is 0 Å². The number of aromatic nitrogens is 1. The number of nitrogen functional groups attached to an aromatic ring is 1. The maximum atomic E-state index is 5.84. The molecule has 0 amide bonds. The number of nitrogens with zero attached hydrogens (tertiary/aromatic N) is 1. The summed E-state index contributed by atoms with van der Waals surface area (Å²) in [5.41, 5.74) is 9.26. The Kier molecular flexibility index (Phi) is 3.47. The Morgan fingerprint density at radius 3 is 2.81 bits per heavy atom. The predicted molar refractivity (Wildman–Crippen MR) is 69.4 cm³/mol. The summed E-state index contributed by atoms with van der Waals surface area (Å²) in [5, 5.41) is 0. The molecule has 1 aromatic heterocycles. The van der Waals surface area contributed by atoms with Crippen molar-refractivity contribution in [2.45, 2.75) is 17.6 Å². The quantitative estimate of drug-likeness (QED) is 0.822. The monoisotopic (exact) mass is 230 g/mol. The minimum absolute atomic E-state index is 0.751. The number of anilines is 1. The van der Waals surface area contributed by atoms with Gasteiger partial charge in [-0.2, -0.15) is 0 Å². The predicted octanol–water partition coefficient (Wildman–Crippen LogP) is 3.26. The zero-order chi connectivity index (χ0) is 11.4. The second kappa shape index (κ2) is 5.03. The number of thioether (sulfide) groups is 1. The van der Waals surface area contributed by atoms with Crippen LogP contribution in [0.1, 0.15) is 11.1 Å². The Morgan fingerprint density at radius 2 is 2.06 bits per heavy atom. The first kappa shape index (κ1) is 11.0. The number of rotatable bonds is 3. The van der Waals surface area contributed by atoms with Gasteiger partial charge in [0, 0.05) is 16.8 Å². The van der Waals surface area contributed by atoms with E-state index in [4.69, 9.17) is 5.73 Å². The van der Waals surface area contributed by atoms with Crippen LogP contribution in [0.3, 0.4) is 0 Å². The molecule has 0 radical (unpaired) electrons. The number of hydrogen-bond acceptors (Lipinski definition) is 3. The second-order valence-electron chi connectivity index (χ2n) is 3.63. The van der Waals surface area contributed by atoms with Gasteiger partial charge < -0.3 is 5.73 Å². The minimum atomic E-state index is 0.751. The van der Waals surface area contributed by atoms with E-state index in [0.717, 1.165) is 16.3 Å². The Morgan fingerprint density at radius 1 is 1.25 bits per heavy atom. The summed E-state index contributed by atoms with van der Waals surface area (Å²) >= 11 is 1.75. The molecule has 3 heteroatoms. The van der Waals surface area contributed by atoms with Crippen molar-refractivity contribution in [3.05, 3.63) is 53.9 Å². The van der Waals surface area contributed by atoms with E-state index in [1.165, 1.54) is 11.1 Å². The lowest BCUT2D eigenvalue weighted by Gasteiger charge is -2.06. The molecule has 0 atom stereocenters. The van der Waals surface area contributed by atoms with Crippen molar-refractivity contribution in [3.8, 4) is 0 Å². The molecule has 2 N–H and O–H groups in total. The molecule has 2 rings (SSSR count). The lowest BCUT2D eigenvalue weighted by atomic mass is 10.1. The van der Waals surface area contributed by atoms with Crippen LogP contribution in [-0.4, -0.2) is 4.98 Å². The molecule has 2 aromatic rings. The molecule has 0 saturated carbocycles. The third-order valence-corrected chi connectivity index (χ3v) is 3.59. The highest BCUT2D eigenvalue weighted by molar-refractivity contribution is 7.98. The van der Waals surface area contributed by atoms with Gasteiger partial charge in [-0.1, -0.05) is 24.3 Å². The Labute approximate surface area is 99.9 Å². The molecule has 2 nitrogen and oxygen atoms in total. The van der Waals surface area contributed by atoms with E-state index < -0.39 is 0 Å². The lowest BCUT2D eigenvalue weighted by Crippen LogP contribution is -1.90. The largest absolute Gasteiger partial charge is 0.397 e. The van der Waals surface area contributed by atoms with Gasteiger partial charge in [-0.15, -0.1) is 11.8 Å². The number of pyridine rings is 1. The first-order valence-electron chi connectivity index (χ1n) is 5.14. The van der Waals surface area contributed by atoms with E-state index in [2.05, 4.69) is 36.2 Å². The number of hydrogen-bond donors (Lipinski definition) is 1. The zero-order valence-electron chi connectivity index (χ0n) is 9.18. The summed E-state index contributed by atoms with van der Waals surface area (Å²) < 4.78 is 0. The van der Waals surface area contributed by atoms with Crippen LogP contribution in [0.2, 0.25) is 0 Å². The maximum Gasteiger partial charge on any atom is 0.0638 e. The molecule has 0 aliphatic rings. The van der Waals surface area contributed by atoms with Gasteiger partial charge in [-0.3, -0.25) is 4.98 Å². The van der Waals surface area contributed by atoms with Crippen molar-refractivity contribution < 1.29 is 0 Å². The molecule has 0 saturated heterocycles. The molecule has 0 spiro atoms. The summed E-state index contributed by atoms with van der Waals surface area (Å²) in [6.45, 7) is 2.13. The summed E-state index contributed by atoms with van der Waals surface area (Å²) in [4.78, 5) is 5.07. The van der Waals surface area contributed by atoms with Crippen molar-refractivity contribution in [3.63, 3.8) is 0 Å². The number of nitrogens with two attached hydrogens (primary N) is 1. The van der Waals surface area contributed by atoms with E-state index in [0.29, 0.717) is 0 Å². The maximum absolute atomic E-state index is 5.84. The Balaban J connectivity index is 2.09. The smallest absolute Gasteiger partial charge is 0.0638 e. The molecule has 16 heavy (non-hydrogen) atoms. The average molecular weight is 230 g/mol. The van der Waals surface area contributed by atoms with Gasteiger partial charge in [0.25, 0.3) is 0 Å². The zero-order valence-corrected chi connectivity index (χ0v) is 10.00. The normalized spacial score (nSPS) is 10.3. The van der Waals surface area contributed by atoms with Crippen LogP contribution in [-0.2, 0) is 5.75 Å². The molecule has 0 bridgehead atoms. The molecule has 0 fully saturated rings. The van der Waals surface area contributed by atoms with Crippen molar-refractivity contribution in [2.24, 2.45) is 0 Å². The van der Waals surface area contributed by atoms with Crippen LogP contribution in [0.15, 0.2) is 47.6 Å². The molecule has 0 aliphatic carbocycles. The van der Waals surface area contributed by atoms with Crippen LogP contribution in [0.5, 0.6) is 0 Å². The van der Waals surface area contributed by atoms with E-state index in [1.54, 1.807) is 24.2 Å². The fourth-order valence-electron chi connectivity index (χ4n) is 1.45. The molecular formula is C13H14N2S. The molecule has 1 heterocycles. The van der Waals surface area contributed by atoms with Gasteiger partial charge in [-0.05, 0) is 24.1 Å². The van der Waals surface area contributed by atoms with Crippen LogP contribution in [0.4, 0.5) is 5.69 Å². The third-order valence-electron chi connectivity index (χ3n) is 2.45. The molecule has 0 unspecified atom stereocenters. The van der Waals surface area contributed by atoms with Gasteiger partial charge in [-0.25, -0.2) is 0 Å². The molecule has 82 valence electrons. The first-order chi connectivity index (χ1) is 7.77. The van der Waals surface area contributed by atoms with Crippen molar-refractivity contribution >= 4 is 17.4 Å². The van der Waals surface area contributed by atoms with E-state index >= 15 is 0 Å². The highest BCUT2D eigenvalue weighted by Crippen LogP contribution is 2.27. The molecule has 1 aromatic carbocycles. The highest BCUT2D eigenvalue weighted by Gasteiger charge is 2.01. The number of aryl methyl sites for hydroxylation is 1. The summed E-state index contributed by atoms with van der Waals surface area (Å²) in [5.74, 6) is 0.945. The third kappa shape index (κ3) is 2.55. The van der Waals surface area contributed by atoms with Gasteiger partial charge in [0.2, 0.25) is 0 Å². The van der Waals surface area contributed by atoms with Gasteiger partial charge >= 0.3 is 0 Å². The fraction of sp³-hybridized carbons (Fsp3) is 0.154. The van der Waals surface area contributed by atoms with Crippen LogP contribution in [0.25, 0.3) is 0 Å². The van der Waals surface area contributed by atoms with Crippen molar-refractivity contribution in [2.75, 3.05) is 5.73 Å². The summed E-state index contributed by atoms with van der Waals surface area (Å²) in [7, 11) is 0. The summed E-state index contributed by atoms with van der Waals surface area (Å²) in [6, 6.07) is 10.4. The fourth-order valence-corrected chi connectivity index (χ4v) is 2.46. The summed E-state index contributed by atoms with van der Waals surface area (Å²) in [6.07, 6.45) is 3.47. The van der Waals surface area contributed by atoms with E-state index in [1.807, 2.05) is 6.07 Å².